The van der Waals surface area contributed by atoms with E-state index in [-0.39, 0.29) is 47.1 Å². The SMILES string of the molecule is C=C[C@H](C)[C@H](O[Si](C)(C)C(C)(C)C)[C@@H](C)C(=O)C(C)(C)[C@@H](C)CC(=O)OC(C)(C)C. The van der Waals surface area contributed by atoms with E-state index < -0.39 is 19.3 Å². The second-order valence-corrected chi connectivity index (χ2v) is 16.8. The molecule has 5 heteroatoms. The zero-order chi connectivity index (χ0) is 24.3. The molecule has 0 saturated heterocycles. The molecule has 4 atom stereocenters. The summed E-state index contributed by atoms with van der Waals surface area (Å²) in [6.07, 6.45) is 1.86. The van der Waals surface area contributed by atoms with Crippen molar-refractivity contribution in [3.05, 3.63) is 12.7 Å². The van der Waals surface area contributed by atoms with Crippen LogP contribution >= 0.6 is 0 Å². The molecule has 0 rings (SSSR count). The number of Topliss-reactive ketones (excluding diaryl/α,β-unsaturated/α-hetero) is 1. The molecule has 30 heavy (non-hydrogen) atoms. The summed E-state index contributed by atoms with van der Waals surface area (Å²) in [7, 11) is -2.07. The van der Waals surface area contributed by atoms with Crippen LogP contribution in [-0.2, 0) is 18.8 Å². The van der Waals surface area contributed by atoms with Gasteiger partial charge in [-0.1, -0.05) is 61.5 Å². The van der Waals surface area contributed by atoms with Crippen LogP contribution in [0.5, 0.6) is 0 Å². The lowest BCUT2D eigenvalue weighted by molar-refractivity contribution is -0.157. The first kappa shape index (κ1) is 29.1. The summed E-state index contributed by atoms with van der Waals surface area (Å²) in [6.45, 7) is 30.4. The zero-order valence-electron chi connectivity index (χ0n) is 21.9. The van der Waals surface area contributed by atoms with Gasteiger partial charge in [0.15, 0.2) is 8.32 Å². The van der Waals surface area contributed by atoms with Gasteiger partial charge in [-0.25, -0.2) is 0 Å². The largest absolute Gasteiger partial charge is 0.460 e. The van der Waals surface area contributed by atoms with E-state index in [1.807, 2.05) is 54.5 Å². The van der Waals surface area contributed by atoms with Gasteiger partial charge in [-0.2, -0.15) is 0 Å². The number of esters is 1. The number of ether oxygens (including phenoxy) is 1. The second kappa shape index (κ2) is 10.1. The molecule has 0 aliphatic rings. The van der Waals surface area contributed by atoms with Crippen molar-refractivity contribution < 1.29 is 18.8 Å². The molecule has 0 unspecified atom stereocenters. The Hall–Kier alpha value is -0.943. The summed E-state index contributed by atoms with van der Waals surface area (Å²) >= 11 is 0. The fraction of sp³-hybridized carbons (Fsp3) is 0.840. The molecule has 0 fully saturated rings. The van der Waals surface area contributed by atoms with Crippen LogP contribution in [0.25, 0.3) is 0 Å². The molecule has 0 aliphatic carbocycles. The topological polar surface area (TPSA) is 52.6 Å². The average Bonchev–Trinajstić information content (AvgIpc) is 2.54. The van der Waals surface area contributed by atoms with E-state index in [1.165, 1.54) is 0 Å². The first-order valence-electron chi connectivity index (χ1n) is 11.2. The summed E-state index contributed by atoms with van der Waals surface area (Å²) < 4.78 is 12.2. The lowest BCUT2D eigenvalue weighted by Gasteiger charge is -2.43. The summed E-state index contributed by atoms with van der Waals surface area (Å²) in [6, 6.07) is 0. The van der Waals surface area contributed by atoms with Crippen molar-refractivity contribution in [1.29, 1.82) is 0 Å². The van der Waals surface area contributed by atoms with Gasteiger partial charge in [0.2, 0.25) is 0 Å². The minimum Gasteiger partial charge on any atom is -0.460 e. The summed E-state index contributed by atoms with van der Waals surface area (Å²) in [5, 5.41) is 0.0500. The van der Waals surface area contributed by atoms with Crippen molar-refractivity contribution in [3.63, 3.8) is 0 Å². The number of carbonyl (C=O) groups is 2. The number of hydrogen-bond acceptors (Lipinski definition) is 4. The van der Waals surface area contributed by atoms with E-state index in [0.717, 1.165) is 0 Å². The monoisotopic (exact) mass is 440 g/mol. The van der Waals surface area contributed by atoms with Gasteiger partial charge in [-0.3, -0.25) is 9.59 Å². The molecular formula is C25H48O4Si. The van der Waals surface area contributed by atoms with E-state index in [4.69, 9.17) is 9.16 Å². The van der Waals surface area contributed by atoms with Gasteiger partial charge in [0, 0.05) is 17.8 Å². The van der Waals surface area contributed by atoms with Crippen molar-refractivity contribution in [2.45, 2.75) is 112 Å². The van der Waals surface area contributed by atoms with Gasteiger partial charge < -0.3 is 9.16 Å². The smallest absolute Gasteiger partial charge is 0.306 e. The Morgan fingerprint density at radius 1 is 0.967 bits per heavy atom. The van der Waals surface area contributed by atoms with Gasteiger partial charge >= 0.3 is 5.97 Å². The van der Waals surface area contributed by atoms with Crippen LogP contribution in [-0.4, -0.2) is 31.8 Å². The lowest BCUT2D eigenvalue weighted by atomic mass is 9.69. The average molecular weight is 441 g/mol. The highest BCUT2D eigenvalue weighted by atomic mass is 28.4. The molecule has 0 radical (unpaired) electrons. The molecule has 0 bridgehead atoms. The highest BCUT2D eigenvalue weighted by molar-refractivity contribution is 6.74. The Morgan fingerprint density at radius 3 is 1.80 bits per heavy atom. The molecule has 0 aromatic rings. The molecule has 0 heterocycles. The summed E-state index contributed by atoms with van der Waals surface area (Å²) in [5.74, 6) is -0.541. The molecular weight excluding hydrogens is 392 g/mol. The van der Waals surface area contributed by atoms with E-state index in [0.29, 0.717) is 0 Å². The van der Waals surface area contributed by atoms with Gasteiger partial charge in [-0.15, -0.1) is 6.58 Å². The first-order valence-corrected chi connectivity index (χ1v) is 14.1. The van der Waals surface area contributed by atoms with Crippen LogP contribution in [0.3, 0.4) is 0 Å². The van der Waals surface area contributed by atoms with E-state index >= 15 is 0 Å². The molecule has 0 aromatic heterocycles. The maximum Gasteiger partial charge on any atom is 0.306 e. The van der Waals surface area contributed by atoms with E-state index in [1.54, 1.807) is 0 Å². The number of carbonyl (C=O) groups excluding carboxylic acids is 2. The normalized spacial score (nSPS) is 17.6. The quantitative estimate of drug-likeness (QED) is 0.213. The van der Waals surface area contributed by atoms with Gasteiger partial charge in [-0.05, 0) is 50.7 Å². The third-order valence-corrected chi connectivity index (χ3v) is 11.3. The minimum absolute atomic E-state index is 0.0500. The maximum absolute atomic E-state index is 13.6. The van der Waals surface area contributed by atoms with E-state index in [2.05, 4.69) is 47.4 Å². The first-order chi connectivity index (χ1) is 13.2. The molecule has 4 nitrogen and oxygen atoms in total. The van der Waals surface area contributed by atoms with Gasteiger partial charge in [0.25, 0.3) is 0 Å². The van der Waals surface area contributed by atoms with Gasteiger partial charge in [0.05, 0.1) is 6.10 Å². The van der Waals surface area contributed by atoms with Crippen LogP contribution < -0.4 is 0 Å². The number of ketones is 1. The van der Waals surface area contributed by atoms with E-state index in [9.17, 15) is 9.59 Å². The Kier molecular flexibility index (Phi) is 9.80. The molecule has 0 aromatic carbocycles. The van der Waals surface area contributed by atoms with Crippen LogP contribution in [0.15, 0.2) is 12.7 Å². The Morgan fingerprint density at radius 2 is 1.43 bits per heavy atom. The number of hydrogen-bond donors (Lipinski definition) is 0. The molecule has 0 N–H and O–H groups in total. The van der Waals surface area contributed by atoms with Crippen LogP contribution in [0.2, 0.25) is 18.1 Å². The number of rotatable bonds is 10. The van der Waals surface area contributed by atoms with Crippen molar-refractivity contribution in [2.24, 2.45) is 23.2 Å². The Labute approximate surface area is 187 Å². The zero-order valence-corrected chi connectivity index (χ0v) is 22.9. The summed E-state index contributed by atoms with van der Waals surface area (Å²) in [5.41, 5.74) is -1.20. The molecule has 0 aliphatic heterocycles. The van der Waals surface area contributed by atoms with Crippen LogP contribution in [0, 0.1) is 23.2 Å². The van der Waals surface area contributed by atoms with Crippen molar-refractivity contribution >= 4 is 20.1 Å². The van der Waals surface area contributed by atoms with Crippen LogP contribution in [0.1, 0.15) is 82.6 Å². The van der Waals surface area contributed by atoms with Gasteiger partial charge in [0.1, 0.15) is 11.4 Å². The van der Waals surface area contributed by atoms with Crippen molar-refractivity contribution in [1.82, 2.24) is 0 Å². The highest BCUT2D eigenvalue weighted by Crippen LogP contribution is 2.41. The standard InChI is InChI=1S/C25H48O4Si/c1-15-17(2)21(29-30(13,14)24(8,9)10)19(4)22(27)25(11,12)18(3)16-20(26)28-23(5,6)7/h15,17-19,21H,1,16H2,2-14H3/t17-,18-,19+,21-/m0/s1. The predicted molar refractivity (Wildman–Crippen MR) is 129 cm³/mol. The fourth-order valence-corrected chi connectivity index (χ4v) is 4.64. The molecule has 0 saturated carbocycles. The Balaban J connectivity index is 5.63. The third-order valence-electron chi connectivity index (χ3n) is 6.79. The van der Waals surface area contributed by atoms with Crippen LogP contribution in [0.4, 0.5) is 0 Å². The van der Waals surface area contributed by atoms with Crippen molar-refractivity contribution in [2.75, 3.05) is 0 Å². The lowest BCUT2D eigenvalue weighted by Crippen LogP contribution is -2.50. The minimum atomic E-state index is -2.07. The molecule has 176 valence electrons. The molecule has 0 amide bonds. The highest BCUT2D eigenvalue weighted by Gasteiger charge is 2.45. The Bertz CT molecular complexity index is 608. The fourth-order valence-electron chi connectivity index (χ4n) is 3.18. The van der Waals surface area contributed by atoms with Crippen molar-refractivity contribution in [3.8, 4) is 0 Å². The maximum atomic E-state index is 13.6. The summed E-state index contributed by atoms with van der Waals surface area (Å²) in [4.78, 5) is 25.9. The third kappa shape index (κ3) is 7.95. The molecule has 0 spiro atoms. The second-order valence-electron chi connectivity index (χ2n) is 12.0. The predicted octanol–water partition coefficient (Wildman–Crippen LogP) is 6.80.